The van der Waals surface area contributed by atoms with Crippen LogP contribution < -0.4 is 0 Å². The Morgan fingerprint density at radius 1 is 0.542 bits per heavy atom. The predicted octanol–water partition coefficient (Wildman–Crippen LogP) is 5.67. The van der Waals surface area contributed by atoms with Gasteiger partial charge in [-0.1, -0.05) is 66.7 Å². The zero-order chi connectivity index (χ0) is 16.5. The number of hydrogen-bond donors (Lipinski definition) is 0. The van der Waals surface area contributed by atoms with Gasteiger partial charge in [0.1, 0.15) is 0 Å². The van der Waals surface area contributed by atoms with Crippen molar-refractivity contribution in [1.82, 2.24) is 15.0 Å². The molecule has 4 rings (SSSR count). The van der Waals surface area contributed by atoms with E-state index in [0.717, 1.165) is 16.7 Å². The fourth-order valence-corrected chi connectivity index (χ4v) is 3.18. The molecular weight excluding hydrogens is 341 g/mol. The highest BCUT2D eigenvalue weighted by Crippen LogP contribution is 2.35. The summed E-state index contributed by atoms with van der Waals surface area (Å²) in [7, 11) is 0. The Bertz CT molecular complexity index is 1020. The molecule has 0 N–H and O–H groups in total. The Labute approximate surface area is 148 Å². The molecule has 1 heterocycles. The van der Waals surface area contributed by atoms with Crippen molar-refractivity contribution in [3.05, 3.63) is 77.3 Å². The van der Waals surface area contributed by atoms with Crippen LogP contribution in [0.4, 0.5) is 0 Å². The summed E-state index contributed by atoms with van der Waals surface area (Å²) in [6.07, 6.45) is 0. The van der Waals surface area contributed by atoms with E-state index in [1.807, 2.05) is 42.5 Å². The van der Waals surface area contributed by atoms with E-state index in [4.69, 9.17) is 23.2 Å². The lowest BCUT2D eigenvalue weighted by molar-refractivity contribution is 1.06. The molecule has 0 amide bonds. The molecule has 24 heavy (non-hydrogen) atoms. The summed E-state index contributed by atoms with van der Waals surface area (Å²) in [5.41, 5.74) is 2.99. The summed E-state index contributed by atoms with van der Waals surface area (Å²) >= 11 is 11.9. The maximum Gasteiger partial charge on any atom is 0.227 e. The Balaban J connectivity index is 2.00. The van der Waals surface area contributed by atoms with Crippen molar-refractivity contribution in [2.45, 2.75) is 0 Å². The number of halogens is 2. The Kier molecular flexibility index (Phi) is 3.89. The van der Waals surface area contributed by atoms with E-state index in [2.05, 4.69) is 39.2 Å². The van der Waals surface area contributed by atoms with Crippen molar-refractivity contribution in [2.24, 2.45) is 0 Å². The van der Waals surface area contributed by atoms with E-state index in [-0.39, 0.29) is 10.6 Å². The molecule has 3 aromatic carbocycles. The minimum Gasteiger partial charge on any atom is -0.198 e. The molecule has 0 unspecified atom stereocenters. The first kappa shape index (κ1) is 15.1. The zero-order valence-corrected chi connectivity index (χ0v) is 14.0. The third-order valence-electron chi connectivity index (χ3n) is 3.83. The normalized spacial score (nSPS) is 10.9. The summed E-state index contributed by atoms with van der Waals surface area (Å²) in [6, 6.07) is 22.4. The van der Waals surface area contributed by atoms with Crippen molar-refractivity contribution in [2.75, 3.05) is 0 Å². The van der Waals surface area contributed by atoms with Gasteiger partial charge in [-0.3, -0.25) is 0 Å². The predicted molar refractivity (Wildman–Crippen MR) is 98.2 cm³/mol. The third kappa shape index (κ3) is 2.73. The molecule has 4 aromatic rings. The molecule has 0 aliphatic carbocycles. The lowest BCUT2D eigenvalue weighted by Crippen LogP contribution is -1.95. The van der Waals surface area contributed by atoms with E-state index in [1.165, 1.54) is 10.8 Å². The summed E-state index contributed by atoms with van der Waals surface area (Å²) in [4.78, 5) is 12.3. The molecule has 0 spiro atoms. The molecule has 116 valence electrons. The average Bonchev–Trinajstić information content (AvgIpc) is 2.60. The maximum absolute atomic E-state index is 5.95. The Hall–Kier alpha value is -2.49. The fraction of sp³-hybridized carbons (Fsp3) is 0. The molecule has 0 bridgehead atoms. The maximum atomic E-state index is 5.95. The van der Waals surface area contributed by atoms with Crippen molar-refractivity contribution in [3.8, 4) is 22.5 Å². The molecule has 0 saturated carbocycles. The van der Waals surface area contributed by atoms with Gasteiger partial charge in [0, 0.05) is 5.56 Å². The highest BCUT2D eigenvalue weighted by atomic mass is 35.5. The van der Waals surface area contributed by atoms with Crippen LogP contribution in [0, 0.1) is 0 Å². The third-order valence-corrected chi connectivity index (χ3v) is 4.17. The van der Waals surface area contributed by atoms with E-state index >= 15 is 0 Å². The van der Waals surface area contributed by atoms with Gasteiger partial charge in [-0.15, -0.1) is 0 Å². The van der Waals surface area contributed by atoms with Crippen molar-refractivity contribution >= 4 is 34.0 Å². The molecule has 1 aromatic heterocycles. The number of rotatable bonds is 2. The average molecular weight is 352 g/mol. The topological polar surface area (TPSA) is 38.7 Å². The minimum atomic E-state index is 0.0812. The molecule has 0 aliphatic rings. The van der Waals surface area contributed by atoms with Crippen molar-refractivity contribution < 1.29 is 0 Å². The van der Waals surface area contributed by atoms with E-state index in [9.17, 15) is 0 Å². The van der Waals surface area contributed by atoms with E-state index in [0.29, 0.717) is 5.82 Å². The van der Waals surface area contributed by atoms with Crippen LogP contribution in [0.5, 0.6) is 0 Å². The van der Waals surface area contributed by atoms with Crippen LogP contribution in [-0.4, -0.2) is 15.0 Å². The van der Waals surface area contributed by atoms with Crippen LogP contribution >= 0.6 is 23.2 Å². The van der Waals surface area contributed by atoms with Gasteiger partial charge in [-0.2, -0.15) is 15.0 Å². The first-order valence-corrected chi connectivity index (χ1v) is 8.12. The number of benzene rings is 3. The second-order valence-corrected chi connectivity index (χ2v) is 5.95. The van der Waals surface area contributed by atoms with E-state index in [1.54, 1.807) is 0 Å². The van der Waals surface area contributed by atoms with Gasteiger partial charge < -0.3 is 0 Å². The fourth-order valence-electron chi connectivity index (χ4n) is 2.82. The molecule has 0 saturated heterocycles. The van der Waals surface area contributed by atoms with Gasteiger partial charge in [-0.05, 0) is 45.1 Å². The Morgan fingerprint density at radius 3 is 1.92 bits per heavy atom. The minimum absolute atomic E-state index is 0.0812. The second-order valence-electron chi connectivity index (χ2n) is 5.27. The van der Waals surface area contributed by atoms with Crippen LogP contribution in [0.1, 0.15) is 0 Å². The van der Waals surface area contributed by atoms with Crippen LogP contribution in [0.2, 0.25) is 10.6 Å². The van der Waals surface area contributed by atoms with Gasteiger partial charge in [0.15, 0.2) is 5.82 Å². The summed E-state index contributed by atoms with van der Waals surface area (Å²) in [6.45, 7) is 0. The quantitative estimate of drug-likeness (QED) is 0.467. The molecule has 0 aliphatic heterocycles. The van der Waals surface area contributed by atoms with Gasteiger partial charge in [0.05, 0.1) is 0 Å². The standard InChI is InChI=1S/C19H11Cl2N3/c20-18-22-17(23-19(21)24-18)16-10-4-3-9-15(16)14-11-5-7-12-6-1-2-8-13(12)14/h1-11H. The summed E-state index contributed by atoms with van der Waals surface area (Å²) in [5, 5.41) is 2.51. The molecule has 0 fully saturated rings. The SMILES string of the molecule is Clc1nc(Cl)nc(-c2ccccc2-c2cccc3ccccc23)n1. The van der Waals surface area contributed by atoms with E-state index < -0.39 is 0 Å². The van der Waals surface area contributed by atoms with Gasteiger partial charge in [0.25, 0.3) is 0 Å². The zero-order valence-electron chi connectivity index (χ0n) is 12.4. The Morgan fingerprint density at radius 2 is 1.12 bits per heavy atom. The lowest BCUT2D eigenvalue weighted by Gasteiger charge is -2.11. The van der Waals surface area contributed by atoms with Crippen LogP contribution in [-0.2, 0) is 0 Å². The van der Waals surface area contributed by atoms with Crippen molar-refractivity contribution in [3.63, 3.8) is 0 Å². The number of hydrogen-bond acceptors (Lipinski definition) is 3. The number of nitrogens with zero attached hydrogens (tertiary/aromatic N) is 3. The summed E-state index contributed by atoms with van der Waals surface area (Å²) < 4.78 is 0. The van der Waals surface area contributed by atoms with Crippen LogP contribution in [0.3, 0.4) is 0 Å². The van der Waals surface area contributed by atoms with Crippen molar-refractivity contribution in [1.29, 1.82) is 0 Å². The molecule has 3 nitrogen and oxygen atoms in total. The monoisotopic (exact) mass is 351 g/mol. The van der Waals surface area contributed by atoms with Gasteiger partial charge >= 0.3 is 0 Å². The lowest BCUT2D eigenvalue weighted by atomic mass is 9.94. The molecule has 5 heteroatoms. The highest BCUT2D eigenvalue weighted by molar-refractivity contribution is 6.31. The molecule has 0 radical (unpaired) electrons. The molecule has 0 atom stereocenters. The van der Waals surface area contributed by atoms with Gasteiger partial charge in [-0.25, -0.2) is 0 Å². The summed E-state index contributed by atoms with van der Waals surface area (Å²) in [5.74, 6) is 0.462. The largest absolute Gasteiger partial charge is 0.227 e. The molecular formula is C19H11Cl2N3. The number of fused-ring (bicyclic) bond motifs is 1. The number of aromatic nitrogens is 3. The first-order valence-electron chi connectivity index (χ1n) is 7.37. The second kappa shape index (κ2) is 6.19. The smallest absolute Gasteiger partial charge is 0.198 e. The van der Waals surface area contributed by atoms with Crippen LogP contribution in [0.25, 0.3) is 33.3 Å². The highest BCUT2D eigenvalue weighted by Gasteiger charge is 2.13. The van der Waals surface area contributed by atoms with Gasteiger partial charge in [0.2, 0.25) is 10.6 Å². The first-order chi connectivity index (χ1) is 11.7. The van der Waals surface area contributed by atoms with Crippen LogP contribution in [0.15, 0.2) is 66.7 Å².